The van der Waals surface area contributed by atoms with Crippen LogP contribution in [0.25, 0.3) is 0 Å². The van der Waals surface area contributed by atoms with Crippen molar-refractivity contribution in [3.63, 3.8) is 0 Å². The smallest absolute Gasteiger partial charge is 0.361 e. The summed E-state index contributed by atoms with van der Waals surface area (Å²) in [5.41, 5.74) is -1.53. The number of rotatable bonds is 11. The Labute approximate surface area is 255 Å². The van der Waals surface area contributed by atoms with E-state index in [-0.39, 0.29) is 11.6 Å². The Morgan fingerprint density at radius 3 is 2.23 bits per heavy atom. The van der Waals surface area contributed by atoms with Crippen molar-refractivity contribution in [3.05, 3.63) is 81.9 Å². The zero-order chi connectivity index (χ0) is 32.1. The molecular formula is C30H35F6N5O2S. The van der Waals surface area contributed by atoms with E-state index >= 15 is 0 Å². The number of piperidine rings is 1. The first-order valence-corrected chi connectivity index (χ1v) is 15.0. The molecule has 0 radical (unpaired) electrons. The monoisotopic (exact) mass is 643 g/mol. The van der Waals surface area contributed by atoms with E-state index < -0.39 is 48.2 Å². The number of hydrogen-bond acceptors (Lipinski definition) is 7. The summed E-state index contributed by atoms with van der Waals surface area (Å²) in [4.78, 5) is 21.7. The molecule has 0 bridgehead atoms. The highest BCUT2D eigenvalue weighted by Gasteiger charge is 2.37. The first-order valence-electron chi connectivity index (χ1n) is 14.1. The maximum Gasteiger partial charge on any atom is 0.416 e. The number of carbonyl (C=O) groups excluding carboxylic acids is 1. The molecule has 0 spiro atoms. The number of carbonyl (C=O) groups is 1. The highest BCUT2D eigenvalue weighted by molar-refractivity contribution is 7.13. The third kappa shape index (κ3) is 9.16. The topological polar surface area (TPSA) is 80.7 Å². The third-order valence-electron chi connectivity index (χ3n) is 7.64. The van der Waals surface area contributed by atoms with Crippen molar-refractivity contribution in [2.75, 3.05) is 39.0 Å². The molecule has 4 rings (SSSR count). The van der Waals surface area contributed by atoms with Gasteiger partial charge in [-0.05, 0) is 88.2 Å². The second-order valence-electron chi connectivity index (χ2n) is 11.1. The number of amides is 1. The molecule has 44 heavy (non-hydrogen) atoms. The van der Waals surface area contributed by atoms with E-state index in [9.17, 15) is 36.2 Å². The summed E-state index contributed by atoms with van der Waals surface area (Å²) in [5.74, 6) is -0.950. The number of likely N-dealkylation sites (tertiary alicyclic amines) is 1. The second-order valence-corrected chi connectivity index (χ2v) is 11.9. The quantitative estimate of drug-likeness (QED) is 0.173. The van der Waals surface area contributed by atoms with E-state index in [0.29, 0.717) is 41.8 Å². The Kier molecular flexibility index (Phi) is 10.9. The van der Waals surface area contributed by atoms with Gasteiger partial charge in [-0.1, -0.05) is 30.3 Å². The Balaban J connectivity index is 1.47. The molecule has 0 aliphatic carbocycles. The fraction of sp³-hybridized carbons (Fsp3) is 0.467. The van der Waals surface area contributed by atoms with E-state index in [0.717, 1.165) is 25.9 Å². The van der Waals surface area contributed by atoms with Crippen molar-refractivity contribution in [3.8, 4) is 0 Å². The predicted molar refractivity (Wildman–Crippen MR) is 156 cm³/mol. The van der Waals surface area contributed by atoms with Gasteiger partial charge in [0, 0.05) is 11.9 Å². The van der Waals surface area contributed by atoms with Crippen LogP contribution in [0.4, 0.5) is 31.5 Å². The minimum atomic E-state index is -4.99. The van der Waals surface area contributed by atoms with Crippen LogP contribution in [0.1, 0.15) is 59.0 Å². The maximum atomic E-state index is 13.4. The highest BCUT2D eigenvalue weighted by atomic mass is 32.1. The minimum Gasteiger partial charge on any atom is -0.361 e. The van der Waals surface area contributed by atoms with Gasteiger partial charge in [0.15, 0.2) is 11.5 Å². The van der Waals surface area contributed by atoms with Crippen LogP contribution in [0.15, 0.2) is 53.9 Å². The lowest BCUT2D eigenvalue weighted by Gasteiger charge is -2.32. The number of thiazole rings is 1. The summed E-state index contributed by atoms with van der Waals surface area (Å²) in [6.45, 7) is 1.65. The molecule has 1 aliphatic rings. The summed E-state index contributed by atoms with van der Waals surface area (Å²) in [6, 6.07) is 11.5. The highest BCUT2D eigenvalue weighted by Crippen LogP contribution is 2.36. The van der Waals surface area contributed by atoms with Gasteiger partial charge in [-0.15, -0.1) is 11.3 Å². The third-order valence-corrected chi connectivity index (χ3v) is 8.44. The molecule has 3 N–H and O–H groups in total. The SMILES string of the molecule is CN(C)C(O)Nc1nc(C(CCN2CCC(c3ccccc3)CC2)C(=O)NCc2cc(C(F)(F)F)cc(C(F)(F)F)c2)cs1. The molecule has 14 heteroatoms. The van der Waals surface area contributed by atoms with Crippen LogP contribution < -0.4 is 10.6 Å². The van der Waals surface area contributed by atoms with E-state index in [4.69, 9.17) is 0 Å². The van der Waals surface area contributed by atoms with Gasteiger partial charge in [-0.3, -0.25) is 9.69 Å². The van der Waals surface area contributed by atoms with Crippen LogP contribution >= 0.6 is 11.3 Å². The normalized spacial score (nSPS) is 16.6. The summed E-state index contributed by atoms with van der Waals surface area (Å²) in [6.07, 6.45) is -8.78. The molecule has 1 amide bonds. The lowest BCUT2D eigenvalue weighted by molar-refractivity contribution is -0.143. The average Bonchev–Trinajstić information content (AvgIpc) is 3.43. The molecule has 0 saturated carbocycles. The summed E-state index contributed by atoms with van der Waals surface area (Å²) < 4.78 is 80.0. The van der Waals surface area contributed by atoms with E-state index in [1.807, 2.05) is 18.2 Å². The van der Waals surface area contributed by atoms with Crippen molar-refractivity contribution < 1.29 is 36.2 Å². The number of halogens is 6. The van der Waals surface area contributed by atoms with Crippen molar-refractivity contribution in [1.82, 2.24) is 20.1 Å². The molecule has 240 valence electrons. The first-order chi connectivity index (χ1) is 20.7. The largest absolute Gasteiger partial charge is 0.416 e. The van der Waals surface area contributed by atoms with Gasteiger partial charge in [0.05, 0.1) is 22.7 Å². The van der Waals surface area contributed by atoms with Crippen molar-refractivity contribution in [2.24, 2.45) is 0 Å². The maximum absolute atomic E-state index is 13.4. The average molecular weight is 644 g/mol. The fourth-order valence-electron chi connectivity index (χ4n) is 5.13. The number of alkyl halides is 6. The fourth-order valence-corrected chi connectivity index (χ4v) is 5.91. The van der Waals surface area contributed by atoms with Crippen LogP contribution in [-0.4, -0.2) is 65.9 Å². The number of hydrogen-bond donors (Lipinski definition) is 3. The number of aliphatic hydroxyl groups is 1. The molecular weight excluding hydrogens is 608 g/mol. The standard InChI is InChI=1S/C30H35F6N5O2S/c1-40(2)28(43)39-27-38-25(18-44-27)24(10-13-41-11-8-21(9-12-41)20-6-4-3-5-7-20)26(42)37-17-19-14-22(29(31,32)33)16-23(15-19)30(34,35)36/h3-7,14-16,18,21,24,28,43H,8-13,17H2,1-2H3,(H,37,42)(H,38,39). The van der Waals surface area contributed by atoms with Crippen LogP contribution in [-0.2, 0) is 23.7 Å². The van der Waals surface area contributed by atoms with E-state index in [2.05, 4.69) is 32.7 Å². The molecule has 2 atom stereocenters. The van der Waals surface area contributed by atoms with E-state index in [1.54, 1.807) is 19.5 Å². The molecule has 2 aromatic carbocycles. The van der Waals surface area contributed by atoms with Crippen LogP contribution in [0.3, 0.4) is 0 Å². The lowest BCUT2D eigenvalue weighted by atomic mass is 9.89. The molecule has 1 fully saturated rings. The molecule has 3 aromatic rings. The van der Waals surface area contributed by atoms with Gasteiger partial charge in [-0.2, -0.15) is 26.3 Å². The number of nitrogens with one attached hydrogen (secondary N) is 2. The van der Waals surface area contributed by atoms with Crippen LogP contribution in [0.2, 0.25) is 0 Å². The van der Waals surface area contributed by atoms with Crippen LogP contribution in [0, 0.1) is 0 Å². The second kappa shape index (κ2) is 14.3. The lowest BCUT2D eigenvalue weighted by Crippen LogP contribution is -2.36. The Morgan fingerprint density at radius 1 is 1.05 bits per heavy atom. The number of benzene rings is 2. The molecule has 2 heterocycles. The Bertz CT molecular complexity index is 1340. The zero-order valence-electron chi connectivity index (χ0n) is 24.3. The van der Waals surface area contributed by atoms with Crippen LogP contribution in [0.5, 0.6) is 0 Å². The summed E-state index contributed by atoms with van der Waals surface area (Å²) in [5, 5.41) is 17.5. The Morgan fingerprint density at radius 2 is 1.66 bits per heavy atom. The van der Waals surface area contributed by atoms with Gasteiger partial charge in [-0.25, -0.2) is 4.98 Å². The summed E-state index contributed by atoms with van der Waals surface area (Å²) in [7, 11) is 3.31. The van der Waals surface area contributed by atoms with Gasteiger partial charge in [0.25, 0.3) is 0 Å². The van der Waals surface area contributed by atoms with Crippen molar-refractivity contribution >= 4 is 22.4 Å². The number of aromatic nitrogens is 1. The van der Waals surface area contributed by atoms with Gasteiger partial charge in [0.2, 0.25) is 5.91 Å². The van der Waals surface area contributed by atoms with Gasteiger partial charge in [0.1, 0.15) is 0 Å². The Hall–Kier alpha value is -3.20. The minimum absolute atomic E-state index is 0.0566. The van der Waals surface area contributed by atoms with Crippen molar-refractivity contribution in [1.29, 1.82) is 0 Å². The van der Waals surface area contributed by atoms with Crippen molar-refractivity contribution in [2.45, 2.75) is 56.3 Å². The van der Waals surface area contributed by atoms with Gasteiger partial charge >= 0.3 is 12.4 Å². The number of aliphatic hydroxyl groups excluding tert-OH is 1. The summed E-state index contributed by atoms with van der Waals surface area (Å²) >= 11 is 1.17. The molecule has 7 nitrogen and oxygen atoms in total. The van der Waals surface area contributed by atoms with E-state index in [1.165, 1.54) is 21.8 Å². The molecule has 1 aliphatic heterocycles. The zero-order valence-corrected chi connectivity index (χ0v) is 25.1. The molecule has 1 aromatic heterocycles. The number of nitrogens with zero attached hydrogens (tertiary/aromatic N) is 3. The molecule has 1 saturated heterocycles. The predicted octanol–water partition coefficient (Wildman–Crippen LogP) is 6.10. The van der Waals surface area contributed by atoms with Gasteiger partial charge < -0.3 is 20.6 Å². The first kappa shape index (κ1) is 33.7. The number of anilines is 1. The molecule has 2 unspecified atom stereocenters.